The Labute approximate surface area is 132 Å². The van der Waals surface area contributed by atoms with Crippen molar-refractivity contribution in [1.82, 2.24) is 0 Å². The molecule has 2 atom stereocenters. The molecule has 0 heterocycles. The molecule has 2 unspecified atom stereocenters. The summed E-state index contributed by atoms with van der Waals surface area (Å²) >= 11 is 9.49. The highest BCUT2D eigenvalue weighted by molar-refractivity contribution is 9.10. The van der Waals surface area contributed by atoms with Gasteiger partial charge in [-0.3, -0.25) is 4.79 Å². The molecule has 2 saturated carbocycles. The number of hydrogen-bond acceptors (Lipinski definition) is 2. The Morgan fingerprint density at radius 2 is 2.10 bits per heavy atom. The first kappa shape index (κ1) is 14.2. The second-order valence-corrected chi connectivity index (χ2v) is 6.90. The molecule has 0 saturated heterocycles. The molecule has 0 spiro atoms. The van der Waals surface area contributed by atoms with Crippen LogP contribution in [0.4, 0.5) is 5.69 Å². The molecule has 2 aliphatic rings. The van der Waals surface area contributed by atoms with E-state index in [4.69, 9.17) is 16.3 Å². The average Bonchev–Trinajstić information content (AvgIpc) is 3.00. The van der Waals surface area contributed by atoms with Crippen molar-refractivity contribution < 1.29 is 9.53 Å². The summed E-state index contributed by atoms with van der Waals surface area (Å²) in [6.07, 6.45) is 3.38. The van der Waals surface area contributed by atoms with Crippen molar-refractivity contribution >= 4 is 39.1 Å². The highest BCUT2D eigenvalue weighted by atomic mass is 79.9. The number of carbonyl (C=O) groups excluding carboxylic acids is 1. The Kier molecular flexibility index (Phi) is 3.95. The van der Waals surface area contributed by atoms with E-state index in [1.165, 1.54) is 6.42 Å². The minimum Gasteiger partial charge on any atom is -0.491 e. The van der Waals surface area contributed by atoms with Gasteiger partial charge in [0.25, 0.3) is 0 Å². The van der Waals surface area contributed by atoms with Crippen LogP contribution in [0, 0.1) is 17.8 Å². The maximum Gasteiger partial charge on any atom is 0.227 e. The summed E-state index contributed by atoms with van der Waals surface area (Å²) in [5, 5.41) is 3.56. The van der Waals surface area contributed by atoms with Crippen LogP contribution in [0.2, 0.25) is 5.02 Å². The topological polar surface area (TPSA) is 38.3 Å². The van der Waals surface area contributed by atoms with Gasteiger partial charge < -0.3 is 10.1 Å². The Hall–Kier alpha value is -0.740. The largest absolute Gasteiger partial charge is 0.491 e. The molecule has 3 rings (SSSR count). The van der Waals surface area contributed by atoms with Gasteiger partial charge >= 0.3 is 0 Å². The van der Waals surface area contributed by atoms with E-state index >= 15 is 0 Å². The predicted octanol–water partition coefficient (Wildman–Crippen LogP) is 4.49. The highest BCUT2D eigenvalue weighted by Gasteiger charge is 2.48. The smallest absolute Gasteiger partial charge is 0.227 e. The maximum absolute atomic E-state index is 12.3. The molecule has 0 aliphatic heterocycles. The fourth-order valence-electron chi connectivity index (χ4n) is 3.11. The number of anilines is 1. The SMILES string of the molecule is CCOc1c(Br)cc(Cl)cc1NC(=O)C1CC2CC2C1. The van der Waals surface area contributed by atoms with Crippen LogP contribution in [0.5, 0.6) is 5.75 Å². The number of carbonyl (C=O) groups is 1. The van der Waals surface area contributed by atoms with Gasteiger partial charge in [0.2, 0.25) is 5.91 Å². The van der Waals surface area contributed by atoms with Gasteiger partial charge in [0.15, 0.2) is 5.75 Å². The third kappa shape index (κ3) is 2.82. The van der Waals surface area contributed by atoms with Crippen LogP contribution < -0.4 is 10.1 Å². The highest BCUT2D eigenvalue weighted by Crippen LogP contribution is 2.54. The molecule has 1 aromatic carbocycles. The van der Waals surface area contributed by atoms with E-state index in [0.717, 1.165) is 29.2 Å². The molecule has 0 bridgehead atoms. The predicted molar refractivity (Wildman–Crippen MR) is 83.3 cm³/mol. The minimum absolute atomic E-state index is 0.0901. The number of halogens is 2. The van der Waals surface area contributed by atoms with E-state index in [-0.39, 0.29) is 11.8 Å². The van der Waals surface area contributed by atoms with Gasteiger partial charge in [-0.15, -0.1) is 0 Å². The monoisotopic (exact) mass is 357 g/mol. The van der Waals surface area contributed by atoms with Crippen LogP contribution in [0.1, 0.15) is 26.2 Å². The number of benzene rings is 1. The molecule has 1 aromatic rings. The third-order valence-electron chi connectivity index (χ3n) is 4.17. The average molecular weight is 359 g/mol. The Balaban J connectivity index is 1.76. The van der Waals surface area contributed by atoms with Crippen molar-refractivity contribution in [2.75, 3.05) is 11.9 Å². The standard InChI is InChI=1S/C15H17BrClNO2/c1-2-20-14-12(16)6-11(17)7-13(14)18-15(19)10-4-8-3-9(8)5-10/h6-10H,2-5H2,1H3,(H,18,19). The molecule has 5 heteroatoms. The second kappa shape index (κ2) is 5.57. The molecule has 108 valence electrons. The van der Waals surface area contributed by atoms with Crippen LogP contribution in [-0.4, -0.2) is 12.5 Å². The van der Waals surface area contributed by atoms with Gasteiger partial charge in [-0.05, 0) is 66.1 Å². The second-order valence-electron chi connectivity index (χ2n) is 5.61. The van der Waals surface area contributed by atoms with Gasteiger partial charge in [-0.1, -0.05) is 11.6 Å². The number of rotatable bonds is 4. The molecule has 0 radical (unpaired) electrons. The van der Waals surface area contributed by atoms with Crippen molar-refractivity contribution in [3.8, 4) is 5.75 Å². The van der Waals surface area contributed by atoms with Crippen molar-refractivity contribution in [2.24, 2.45) is 17.8 Å². The Bertz CT molecular complexity index is 539. The molecule has 1 N–H and O–H groups in total. The number of hydrogen-bond donors (Lipinski definition) is 1. The first-order valence-corrected chi connectivity index (χ1v) is 8.18. The first-order valence-electron chi connectivity index (χ1n) is 7.01. The molecule has 3 nitrogen and oxygen atoms in total. The van der Waals surface area contributed by atoms with Crippen LogP contribution in [0.25, 0.3) is 0 Å². The van der Waals surface area contributed by atoms with Crippen LogP contribution >= 0.6 is 27.5 Å². The maximum atomic E-state index is 12.3. The Morgan fingerprint density at radius 3 is 2.75 bits per heavy atom. The molecule has 1 amide bonds. The van der Waals surface area contributed by atoms with E-state index in [1.807, 2.05) is 6.92 Å². The lowest BCUT2D eigenvalue weighted by atomic mass is 10.0. The summed E-state index contributed by atoms with van der Waals surface area (Å²) in [5.41, 5.74) is 0.650. The van der Waals surface area contributed by atoms with Crippen molar-refractivity contribution in [1.29, 1.82) is 0 Å². The van der Waals surface area contributed by atoms with E-state index in [0.29, 0.717) is 23.1 Å². The first-order chi connectivity index (χ1) is 9.58. The lowest BCUT2D eigenvalue weighted by Crippen LogP contribution is -2.22. The van der Waals surface area contributed by atoms with Gasteiger partial charge in [0.05, 0.1) is 16.8 Å². The van der Waals surface area contributed by atoms with E-state index < -0.39 is 0 Å². The number of nitrogens with one attached hydrogen (secondary N) is 1. The Morgan fingerprint density at radius 1 is 1.40 bits per heavy atom. The fraction of sp³-hybridized carbons (Fsp3) is 0.533. The summed E-state index contributed by atoms with van der Waals surface area (Å²) in [7, 11) is 0. The summed E-state index contributed by atoms with van der Waals surface area (Å²) in [6.45, 7) is 2.45. The van der Waals surface area contributed by atoms with Gasteiger partial charge in [-0.25, -0.2) is 0 Å². The van der Waals surface area contributed by atoms with Gasteiger partial charge in [0, 0.05) is 10.9 Å². The molecule has 0 aromatic heterocycles. The van der Waals surface area contributed by atoms with Crippen molar-refractivity contribution in [3.05, 3.63) is 21.6 Å². The number of fused-ring (bicyclic) bond motifs is 1. The van der Waals surface area contributed by atoms with Crippen molar-refractivity contribution in [3.63, 3.8) is 0 Å². The minimum atomic E-state index is 0.0901. The summed E-state index contributed by atoms with van der Waals surface area (Å²) < 4.78 is 6.36. The molecular formula is C15H17BrClNO2. The lowest BCUT2D eigenvalue weighted by molar-refractivity contribution is -0.120. The van der Waals surface area contributed by atoms with Crippen LogP contribution in [0.15, 0.2) is 16.6 Å². The van der Waals surface area contributed by atoms with Gasteiger partial charge in [-0.2, -0.15) is 0 Å². The number of amides is 1. The zero-order valence-electron chi connectivity index (χ0n) is 11.3. The van der Waals surface area contributed by atoms with E-state index in [2.05, 4.69) is 21.2 Å². The van der Waals surface area contributed by atoms with Crippen molar-refractivity contribution in [2.45, 2.75) is 26.2 Å². The third-order valence-corrected chi connectivity index (χ3v) is 4.98. The lowest BCUT2D eigenvalue weighted by Gasteiger charge is -2.16. The van der Waals surface area contributed by atoms with E-state index in [9.17, 15) is 4.79 Å². The summed E-state index contributed by atoms with van der Waals surface area (Å²) in [6, 6.07) is 3.51. The fourth-order valence-corrected chi connectivity index (χ4v) is 4.03. The normalized spacial score (nSPS) is 27.1. The molecular weight excluding hydrogens is 342 g/mol. The van der Waals surface area contributed by atoms with Crippen LogP contribution in [-0.2, 0) is 4.79 Å². The number of ether oxygens (including phenoxy) is 1. The molecule has 2 fully saturated rings. The zero-order chi connectivity index (χ0) is 14.3. The van der Waals surface area contributed by atoms with Gasteiger partial charge in [0.1, 0.15) is 0 Å². The molecule has 20 heavy (non-hydrogen) atoms. The quantitative estimate of drug-likeness (QED) is 0.861. The summed E-state index contributed by atoms with van der Waals surface area (Å²) in [5.74, 6) is 2.47. The zero-order valence-corrected chi connectivity index (χ0v) is 13.6. The summed E-state index contributed by atoms with van der Waals surface area (Å²) in [4.78, 5) is 12.3. The molecule has 2 aliphatic carbocycles. The van der Waals surface area contributed by atoms with E-state index in [1.54, 1.807) is 12.1 Å². The van der Waals surface area contributed by atoms with Crippen LogP contribution in [0.3, 0.4) is 0 Å².